The molecule has 0 radical (unpaired) electrons. The Morgan fingerprint density at radius 3 is 2.73 bits per heavy atom. The Morgan fingerprint density at radius 1 is 1.17 bits per heavy atom. The Hall–Kier alpha value is -3.00. The molecule has 1 N–H and O–H groups in total. The van der Waals surface area contributed by atoms with E-state index in [0.29, 0.717) is 22.3 Å². The number of hydrogen-bond acceptors (Lipinski definition) is 6. The largest absolute Gasteiger partial charge is 0.365 e. The highest BCUT2D eigenvalue weighted by atomic mass is 35.5. The van der Waals surface area contributed by atoms with Crippen LogP contribution in [0.5, 0.6) is 0 Å². The smallest absolute Gasteiger partial charge is 0.275 e. The van der Waals surface area contributed by atoms with Crippen LogP contribution in [0, 0.1) is 12.8 Å². The Labute approximate surface area is 179 Å². The topological polar surface area (TPSA) is 88.8 Å². The number of aryl methyl sites for hydroxylation is 1. The lowest BCUT2D eigenvalue weighted by Gasteiger charge is -2.50. The van der Waals surface area contributed by atoms with Crippen LogP contribution < -0.4 is 5.32 Å². The quantitative estimate of drug-likeness (QED) is 0.693. The number of rotatable bonds is 4. The molecule has 0 spiro atoms. The van der Waals surface area contributed by atoms with Crippen molar-refractivity contribution in [3.63, 3.8) is 0 Å². The number of carbonyl (C=O) groups is 1. The first kappa shape index (κ1) is 19.0. The van der Waals surface area contributed by atoms with E-state index < -0.39 is 0 Å². The Kier molecular flexibility index (Phi) is 4.86. The van der Waals surface area contributed by atoms with Gasteiger partial charge in [0.05, 0.1) is 23.5 Å². The summed E-state index contributed by atoms with van der Waals surface area (Å²) >= 11 is 5.96. The molecule has 3 fully saturated rings. The molecular formula is C21H22ClN7O. The molecule has 3 aromatic rings. The molecule has 8 nitrogen and oxygen atoms in total. The van der Waals surface area contributed by atoms with Gasteiger partial charge in [0, 0.05) is 24.5 Å². The molecule has 9 heteroatoms. The van der Waals surface area contributed by atoms with Crippen molar-refractivity contribution >= 4 is 23.3 Å². The van der Waals surface area contributed by atoms with Crippen molar-refractivity contribution in [3.8, 4) is 5.69 Å². The average molecular weight is 424 g/mol. The van der Waals surface area contributed by atoms with E-state index in [1.54, 1.807) is 18.6 Å². The molecular weight excluding hydrogens is 402 g/mol. The SMILES string of the molecule is Cc1ccc(-n2nccn2)c(C(=O)N2C[C@@H]3CC[C@H]2[C@H](Nc2ccc(Cl)cn2)C3)n1. The first-order valence-electron chi connectivity index (χ1n) is 10.1. The van der Waals surface area contributed by atoms with Gasteiger partial charge in [-0.25, -0.2) is 9.97 Å². The summed E-state index contributed by atoms with van der Waals surface area (Å²) < 4.78 is 0. The lowest BCUT2D eigenvalue weighted by Crippen LogP contribution is -2.60. The molecule has 0 aromatic carbocycles. The van der Waals surface area contributed by atoms with E-state index in [-0.39, 0.29) is 18.0 Å². The summed E-state index contributed by atoms with van der Waals surface area (Å²) in [5, 5.41) is 12.5. The standard InChI is InChI=1S/C21H22ClN7O/c1-13-2-5-18(29-24-8-9-25-29)20(26-13)21(30)28-12-14-3-6-17(28)16(10-14)27-19-7-4-15(22)11-23-19/h2,4-5,7-9,11,14,16-17H,3,6,10,12H2,1H3,(H,23,27)/t14-,16-,17+/m1/s1. The third kappa shape index (κ3) is 3.52. The maximum Gasteiger partial charge on any atom is 0.275 e. The van der Waals surface area contributed by atoms with Crippen LogP contribution >= 0.6 is 11.6 Å². The van der Waals surface area contributed by atoms with Crippen molar-refractivity contribution in [2.24, 2.45) is 5.92 Å². The summed E-state index contributed by atoms with van der Waals surface area (Å²) in [5.41, 5.74) is 1.78. The Morgan fingerprint density at radius 2 is 2.00 bits per heavy atom. The van der Waals surface area contributed by atoms with Crippen molar-refractivity contribution in [1.82, 2.24) is 29.9 Å². The number of piperidine rings is 2. The molecule has 2 bridgehead atoms. The molecule has 1 saturated carbocycles. The van der Waals surface area contributed by atoms with Gasteiger partial charge in [-0.1, -0.05) is 11.6 Å². The molecule has 5 heterocycles. The molecule has 1 aliphatic carbocycles. The number of pyridine rings is 2. The molecule has 3 atom stereocenters. The third-order valence-corrected chi connectivity index (χ3v) is 6.17. The lowest BCUT2D eigenvalue weighted by molar-refractivity contribution is 0.0276. The number of fused-ring (bicyclic) bond motifs is 3. The van der Waals surface area contributed by atoms with Gasteiger partial charge in [0.25, 0.3) is 5.91 Å². The van der Waals surface area contributed by atoms with Crippen LogP contribution in [-0.2, 0) is 0 Å². The van der Waals surface area contributed by atoms with Gasteiger partial charge in [0.2, 0.25) is 0 Å². The molecule has 3 aliphatic rings. The molecule has 6 rings (SSSR count). The van der Waals surface area contributed by atoms with E-state index in [1.807, 2.05) is 36.1 Å². The molecule has 30 heavy (non-hydrogen) atoms. The van der Waals surface area contributed by atoms with Gasteiger partial charge in [-0.2, -0.15) is 10.2 Å². The maximum absolute atomic E-state index is 13.6. The number of aromatic nitrogens is 5. The molecule has 3 aromatic heterocycles. The van der Waals surface area contributed by atoms with Crippen LogP contribution in [0.25, 0.3) is 5.69 Å². The van der Waals surface area contributed by atoms with E-state index in [9.17, 15) is 4.79 Å². The van der Waals surface area contributed by atoms with Crippen LogP contribution in [0.3, 0.4) is 0 Å². The van der Waals surface area contributed by atoms with Crippen molar-refractivity contribution in [1.29, 1.82) is 0 Å². The summed E-state index contributed by atoms with van der Waals surface area (Å²) in [7, 11) is 0. The summed E-state index contributed by atoms with van der Waals surface area (Å²) in [6, 6.07) is 7.65. The number of nitrogens with one attached hydrogen (secondary N) is 1. The van der Waals surface area contributed by atoms with E-state index >= 15 is 0 Å². The predicted molar refractivity (Wildman–Crippen MR) is 113 cm³/mol. The zero-order valence-electron chi connectivity index (χ0n) is 16.6. The van der Waals surface area contributed by atoms with E-state index in [0.717, 1.165) is 37.3 Å². The van der Waals surface area contributed by atoms with Gasteiger partial charge < -0.3 is 10.2 Å². The molecule has 1 amide bonds. The maximum atomic E-state index is 13.6. The Balaban J connectivity index is 1.44. The van der Waals surface area contributed by atoms with E-state index in [2.05, 4.69) is 25.5 Å². The zero-order valence-corrected chi connectivity index (χ0v) is 17.3. The minimum Gasteiger partial charge on any atom is -0.365 e. The monoisotopic (exact) mass is 423 g/mol. The molecule has 2 saturated heterocycles. The van der Waals surface area contributed by atoms with Crippen molar-refractivity contribution in [3.05, 3.63) is 59.3 Å². The molecule has 2 aliphatic heterocycles. The second kappa shape index (κ2) is 7.68. The van der Waals surface area contributed by atoms with Crippen molar-refractivity contribution < 1.29 is 4.79 Å². The van der Waals surface area contributed by atoms with Crippen molar-refractivity contribution in [2.75, 3.05) is 11.9 Å². The average Bonchev–Trinajstić information content (AvgIpc) is 3.30. The third-order valence-electron chi connectivity index (χ3n) is 5.95. The number of anilines is 1. The minimum atomic E-state index is -0.0729. The normalized spacial score (nSPS) is 22.9. The number of amides is 1. The van der Waals surface area contributed by atoms with Gasteiger partial charge >= 0.3 is 0 Å². The number of hydrogen-bond donors (Lipinski definition) is 1. The van der Waals surface area contributed by atoms with Crippen LogP contribution in [0.4, 0.5) is 5.82 Å². The van der Waals surface area contributed by atoms with Crippen LogP contribution in [0.15, 0.2) is 42.9 Å². The van der Waals surface area contributed by atoms with Gasteiger partial charge in [0.1, 0.15) is 11.5 Å². The molecule has 154 valence electrons. The van der Waals surface area contributed by atoms with Crippen molar-refractivity contribution in [2.45, 2.75) is 38.3 Å². The summed E-state index contributed by atoms with van der Waals surface area (Å²) in [4.78, 5) is 26.0. The van der Waals surface area contributed by atoms with Gasteiger partial charge in [-0.05, 0) is 56.4 Å². The summed E-state index contributed by atoms with van der Waals surface area (Å²) in [5.74, 6) is 1.16. The summed E-state index contributed by atoms with van der Waals surface area (Å²) in [6.07, 6.45) is 7.94. The lowest BCUT2D eigenvalue weighted by atomic mass is 9.76. The molecule has 0 unspecified atom stereocenters. The van der Waals surface area contributed by atoms with Crippen LogP contribution in [0.1, 0.15) is 35.4 Å². The highest BCUT2D eigenvalue weighted by molar-refractivity contribution is 6.30. The minimum absolute atomic E-state index is 0.0729. The fourth-order valence-corrected chi connectivity index (χ4v) is 4.69. The second-order valence-corrected chi connectivity index (χ2v) is 8.39. The van der Waals surface area contributed by atoms with E-state index in [4.69, 9.17) is 11.6 Å². The Bertz CT molecular complexity index is 1050. The predicted octanol–water partition coefficient (Wildman–Crippen LogP) is 3.12. The van der Waals surface area contributed by atoms with Crippen LogP contribution in [0.2, 0.25) is 5.02 Å². The van der Waals surface area contributed by atoms with Gasteiger partial charge in [0.15, 0.2) is 5.69 Å². The highest BCUT2D eigenvalue weighted by Gasteiger charge is 2.44. The zero-order chi connectivity index (χ0) is 20.7. The summed E-state index contributed by atoms with van der Waals surface area (Å²) in [6.45, 7) is 2.63. The first-order chi connectivity index (χ1) is 14.6. The van der Waals surface area contributed by atoms with Gasteiger partial charge in [-0.15, -0.1) is 4.80 Å². The number of nitrogens with zero attached hydrogens (tertiary/aromatic N) is 6. The van der Waals surface area contributed by atoms with Crippen LogP contribution in [-0.4, -0.2) is 54.4 Å². The fraction of sp³-hybridized carbons (Fsp3) is 0.381. The number of carbonyl (C=O) groups excluding carboxylic acids is 1. The highest BCUT2D eigenvalue weighted by Crippen LogP contribution is 2.37. The van der Waals surface area contributed by atoms with Gasteiger partial charge in [-0.3, -0.25) is 4.79 Å². The first-order valence-corrected chi connectivity index (χ1v) is 10.5. The number of halogens is 1. The fourth-order valence-electron chi connectivity index (χ4n) is 4.58. The van der Waals surface area contributed by atoms with E-state index in [1.165, 1.54) is 4.80 Å². The second-order valence-electron chi connectivity index (χ2n) is 7.96.